The summed E-state index contributed by atoms with van der Waals surface area (Å²) in [6.07, 6.45) is 4.68. The minimum absolute atomic E-state index is 0.0569. The maximum absolute atomic E-state index is 13.7. The molecule has 0 atom stereocenters. The number of amides is 2. The lowest BCUT2D eigenvalue weighted by atomic mass is 9.75. The first-order valence-electron chi connectivity index (χ1n) is 10.6. The average Bonchev–Trinajstić information content (AvgIpc) is 2.96. The highest BCUT2D eigenvalue weighted by molar-refractivity contribution is 6.02. The largest absolute Gasteiger partial charge is 0.497 e. The van der Waals surface area contributed by atoms with E-state index in [2.05, 4.69) is 5.32 Å². The van der Waals surface area contributed by atoms with E-state index in [0.29, 0.717) is 18.7 Å². The second kappa shape index (κ2) is 8.01. The molecule has 1 aliphatic carbocycles. The Hall–Kier alpha value is -3.02. The van der Waals surface area contributed by atoms with E-state index in [0.717, 1.165) is 60.1 Å². The van der Waals surface area contributed by atoms with Crippen LogP contribution in [0.1, 0.15) is 66.1 Å². The number of rotatable bonds is 5. The Morgan fingerprint density at radius 3 is 2.47 bits per heavy atom. The Morgan fingerprint density at radius 1 is 1.17 bits per heavy atom. The molecule has 2 aliphatic rings. The van der Waals surface area contributed by atoms with Crippen molar-refractivity contribution in [1.29, 1.82) is 0 Å². The van der Waals surface area contributed by atoms with E-state index < -0.39 is 6.09 Å². The van der Waals surface area contributed by atoms with Gasteiger partial charge in [-0.25, -0.2) is 4.79 Å². The average molecular weight is 408 g/mol. The second-order valence-electron chi connectivity index (χ2n) is 8.17. The molecule has 30 heavy (non-hydrogen) atoms. The van der Waals surface area contributed by atoms with Crippen LogP contribution in [-0.4, -0.2) is 29.1 Å². The maximum atomic E-state index is 13.7. The molecule has 6 heteroatoms. The standard InChI is InChI=1S/C24H28N2O4/c1-3-17-13-18(25-23(28)29)14-20-21(17)22(27)26(24(20)11-5-4-6-12-24)15-16-7-9-19(30-2)10-8-16/h7-10,13-14,25H,3-6,11-12,15H2,1-2H3,(H,28,29). The van der Waals surface area contributed by atoms with E-state index in [4.69, 9.17) is 4.74 Å². The number of fused-ring (bicyclic) bond motifs is 2. The van der Waals surface area contributed by atoms with Crippen LogP contribution in [0.25, 0.3) is 0 Å². The van der Waals surface area contributed by atoms with Gasteiger partial charge in [0.25, 0.3) is 5.91 Å². The minimum atomic E-state index is -1.09. The van der Waals surface area contributed by atoms with Gasteiger partial charge in [-0.3, -0.25) is 10.1 Å². The van der Waals surface area contributed by atoms with E-state index in [-0.39, 0.29) is 11.4 Å². The lowest BCUT2D eigenvalue weighted by molar-refractivity contribution is 0.0386. The van der Waals surface area contributed by atoms with E-state index in [1.807, 2.05) is 42.2 Å². The number of nitrogens with one attached hydrogen (secondary N) is 1. The fraction of sp³-hybridized carbons (Fsp3) is 0.417. The van der Waals surface area contributed by atoms with Crippen molar-refractivity contribution < 1.29 is 19.4 Å². The van der Waals surface area contributed by atoms with Crippen LogP contribution in [0.5, 0.6) is 5.75 Å². The number of ether oxygens (including phenoxy) is 1. The molecule has 158 valence electrons. The highest BCUT2D eigenvalue weighted by Gasteiger charge is 2.50. The molecule has 2 aromatic carbocycles. The first kappa shape index (κ1) is 20.3. The number of hydrogen-bond donors (Lipinski definition) is 2. The molecule has 1 saturated carbocycles. The summed E-state index contributed by atoms with van der Waals surface area (Å²) in [6.45, 7) is 2.54. The Labute approximate surface area is 176 Å². The van der Waals surface area contributed by atoms with Crippen molar-refractivity contribution in [2.24, 2.45) is 0 Å². The van der Waals surface area contributed by atoms with Crippen LogP contribution in [0.15, 0.2) is 36.4 Å². The summed E-state index contributed by atoms with van der Waals surface area (Å²) in [7, 11) is 1.64. The third kappa shape index (κ3) is 3.40. The first-order valence-corrected chi connectivity index (χ1v) is 10.6. The van der Waals surface area contributed by atoms with Gasteiger partial charge in [-0.05, 0) is 60.2 Å². The SMILES string of the molecule is CCc1cc(NC(=O)O)cc2c1C(=O)N(Cc1ccc(OC)cc1)C21CCCCC1. The van der Waals surface area contributed by atoms with Gasteiger partial charge in [-0.1, -0.05) is 38.3 Å². The van der Waals surface area contributed by atoms with E-state index in [1.54, 1.807) is 13.2 Å². The molecule has 1 aliphatic heterocycles. The van der Waals surface area contributed by atoms with Crippen molar-refractivity contribution in [3.05, 3.63) is 58.7 Å². The van der Waals surface area contributed by atoms with Crippen LogP contribution in [0.2, 0.25) is 0 Å². The van der Waals surface area contributed by atoms with E-state index in [1.165, 1.54) is 0 Å². The van der Waals surface area contributed by atoms with Gasteiger partial charge in [-0.2, -0.15) is 0 Å². The van der Waals surface area contributed by atoms with Crippen LogP contribution >= 0.6 is 0 Å². The van der Waals surface area contributed by atoms with Crippen molar-refractivity contribution in [2.75, 3.05) is 12.4 Å². The molecule has 0 radical (unpaired) electrons. The van der Waals surface area contributed by atoms with Crippen LogP contribution in [0.4, 0.5) is 10.5 Å². The molecule has 1 spiro atoms. The highest BCUT2D eigenvalue weighted by atomic mass is 16.5. The lowest BCUT2D eigenvalue weighted by Gasteiger charge is -2.42. The summed E-state index contributed by atoms with van der Waals surface area (Å²) >= 11 is 0. The molecule has 2 aromatic rings. The smallest absolute Gasteiger partial charge is 0.409 e. The summed E-state index contributed by atoms with van der Waals surface area (Å²) in [5.74, 6) is 0.848. The van der Waals surface area contributed by atoms with Gasteiger partial charge in [0, 0.05) is 17.8 Å². The van der Waals surface area contributed by atoms with Crippen molar-refractivity contribution in [3.8, 4) is 5.75 Å². The topological polar surface area (TPSA) is 78.9 Å². The number of nitrogens with zero attached hydrogens (tertiary/aromatic N) is 1. The molecule has 0 aromatic heterocycles. The van der Waals surface area contributed by atoms with Crippen molar-refractivity contribution in [1.82, 2.24) is 4.90 Å². The monoisotopic (exact) mass is 408 g/mol. The molecule has 2 amide bonds. The molecular weight excluding hydrogens is 380 g/mol. The summed E-state index contributed by atoms with van der Waals surface area (Å²) in [5.41, 5.74) is 3.90. The lowest BCUT2D eigenvalue weighted by Crippen LogP contribution is -2.44. The zero-order valence-electron chi connectivity index (χ0n) is 17.5. The molecule has 1 heterocycles. The number of anilines is 1. The number of methoxy groups -OCH3 is 1. The summed E-state index contributed by atoms with van der Waals surface area (Å²) < 4.78 is 5.26. The number of carbonyl (C=O) groups is 2. The van der Waals surface area contributed by atoms with E-state index in [9.17, 15) is 14.7 Å². The molecule has 6 nitrogen and oxygen atoms in total. The molecule has 0 unspecified atom stereocenters. The predicted octanol–water partition coefficient (Wildman–Crippen LogP) is 5.16. The molecule has 1 fully saturated rings. The number of carbonyl (C=O) groups excluding carboxylic acids is 1. The molecule has 2 N–H and O–H groups in total. The fourth-order valence-electron chi connectivity index (χ4n) is 5.08. The van der Waals surface area contributed by atoms with Crippen LogP contribution in [0.3, 0.4) is 0 Å². The summed E-state index contributed by atoms with van der Waals surface area (Å²) in [5, 5.41) is 11.7. The maximum Gasteiger partial charge on any atom is 0.409 e. The number of aryl methyl sites for hydroxylation is 1. The summed E-state index contributed by atoms with van der Waals surface area (Å²) in [4.78, 5) is 27.0. The molecule has 0 bridgehead atoms. The normalized spacial score (nSPS) is 17.1. The third-order valence-corrected chi connectivity index (χ3v) is 6.51. The van der Waals surface area contributed by atoms with Gasteiger partial charge in [0.15, 0.2) is 0 Å². The van der Waals surface area contributed by atoms with Crippen molar-refractivity contribution in [3.63, 3.8) is 0 Å². The van der Waals surface area contributed by atoms with Crippen molar-refractivity contribution in [2.45, 2.75) is 57.5 Å². The van der Waals surface area contributed by atoms with Crippen LogP contribution < -0.4 is 10.1 Å². The second-order valence-corrected chi connectivity index (χ2v) is 8.17. The predicted molar refractivity (Wildman–Crippen MR) is 115 cm³/mol. The van der Waals surface area contributed by atoms with Gasteiger partial charge in [-0.15, -0.1) is 0 Å². The van der Waals surface area contributed by atoms with Crippen molar-refractivity contribution >= 4 is 17.7 Å². The molecule has 0 saturated heterocycles. The van der Waals surface area contributed by atoms with Crippen LogP contribution in [0, 0.1) is 0 Å². The summed E-state index contributed by atoms with van der Waals surface area (Å²) in [6, 6.07) is 11.5. The number of benzene rings is 2. The number of carboxylic acid groups (broad SMARTS) is 1. The fourth-order valence-corrected chi connectivity index (χ4v) is 5.08. The van der Waals surface area contributed by atoms with Gasteiger partial charge in [0.05, 0.1) is 12.6 Å². The van der Waals surface area contributed by atoms with Gasteiger partial charge in [0.2, 0.25) is 0 Å². The highest BCUT2D eigenvalue weighted by Crippen LogP contribution is 2.51. The van der Waals surface area contributed by atoms with Gasteiger partial charge in [0.1, 0.15) is 5.75 Å². The Bertz CT molecular complexity index is 962. The minimum Gasteiger partial charge on any atom is -0.497 e. The quantitative estimate of drug-likeness (QED) is 0.716. The zero-order chi connectivity index (χ0) is 21.3. The van der Waals surface area contributed by atoms with Gasteiger partial charge >= 0.3 is 6.09 Å². The Balaban J connectivity index is 1.80. The van der Waals surface area contributed by atoms with E-state index >= 15 is 0 Å². The number of hydrogen-bond acceptors (Lipinski definition) is 3. The first-order chi connectivity index (χ1) is 14.5. The van der Waals surface area contributed by atoms with Crippen LogP contribution in [-0.2, 0) is 18.5 Å². The molecule has 4 rings (SSSR count). The zero-order valence-corrected chi connectivity index (χ0v) is 17.5. The Morgan fingerprint density at radius 2 is 1.87 bits per heavy atom. The third-order valence-electron chi connectivity index (χ3n) is 6.51. The molecular formula is C24H28N2O4. The Kier molecular flexibility index (Phi) is 5.41. The van der Waals surface area contributed by atoms with Gasteiger partial charge < -0.3 is 14.7 Å².